The van der Waals surface area contributed by atoms with Gasteiger partial charge >= 0.3 is 6.09 Å². The molecular weight excluding hydrogens is 328 g/mol. The number of likely N-dealkylation sites (tertiary alicyclic amines) is 1. The largest absolute Gasteiger partial charge is 0.415 e. The molecule has 1 aromatic carbocycles. The lowest BCUT2D eigenvalue weighted by Gasteiger charge is -2.31. The number of para-hydroxylation sites is 1. The average molecular weight is 354 g/mol. The van der Waals surface area contributed by atoms with Gasteiger partial charge in [0.25, 0.3) is 0 Å². The molecule has 1 aliphatic rings. The van der Waals surface area contributed by atoms with Gasteiger partial charge < -0.3 is 9.64 Å². The molecule has 24 heavy (non-hydrogen) atoms. The maximum atomic E-state index is 12.1. The molecule has 134 valence electrons. The summed E-state index contributed by atoms with van der Waals surface area (Å²) in [6.07, 6.45) is 2.76. The minimum absolute atomic E-state index is 0.186. The molecule has 7 heteroatoms. The Hall–Kier alpha value is -1.60. The molecule has 0 saturated carbocycles. The van der Waals surface area contributed by atoms with Crippen molar-refractivity contribution in [1.29, 1.82) is 0 Å². The Morgan fingerprint density at radius 1 is 1.25 bits per heavy atom. The SMILES string of the molecule is CCCCS(=O)(=O)NCC1CCN(C(=O)Oc2ccccc2)CC1. The van der Waals surface area contributed by atoms with Crippen molar-refractivity contribution >= 4 is 16.1 Å². The molecule has 1 N–H and O–H groups in total. The Kier molecular flexibility index (Phi) is 7.05. The van der Waals surface area contributed by atoms with Crippen molar-refractivity contribution < 1.29 is 17.9 Å². The Balaban J connectivity index is 1.72. The van der Waals surface area contributed by atoms with E-state index in [1.54, 1.807) is 17.0 Å². The van der Waals surface area contributed by atoms with Crippen molar-refractivity contribution in [2.24, 2.45) is 5.92 Å². The topological polar surface area (TPSA) is 75.7 Å². The van der Waals surface area contributed by atoms with Crippen LogP contribution in [0.1, 0.15) is 32.6 Å². The van der Waals surface area contributed by atoms with Crippen LogP contribution in [0.2, 0.25) is 0 Å². The van der Waals surface area contributed by atoms with Gasteiger partial charge in [0, 0.05) is 19.6 Å². The normalized spacial score (nSPS) is 16.1. The summed E-state index contributed by atoms with van der Waals surface area (Å²) in [4.78, 5) is 13.8. The van der Waals surface area contributed by atoms with Crippen LogP contribution in [0.5, 0.6) is 5.75 Å². The van der Waals surface area contributed by atoms with Crippen molar-refractivity contribution in [1.82, 2.24) is 9.62 Å². The lowest BCUT2D eigenvalue weighted by atomic mass is 9.97. The Bertz CT molecular complexity index is 611. The Labute approximate surface area is 144 Å². The minimum atomic E-state index is -3.17. The fraction of sp³-hybridized carbons (Fsp3) is 0.588. The molecule has 0 aliphatic carbocycles. The predicted molar refractivity (Wildman–Crippen MR) is 93.5 cm³/mol. The molecule has 1 aliphatic heterocycles. The summed E-state index contributed by atoms with van der Waals surface area (Å²) in [5.41, 5.74) is 0. The molecule has 0 unspecified atom stereocenters. The molecule has 1 fully saturated rings. The highest BCUT2D eigenvalue weighted by Crippen LogP contribution is 2.18. The maximum absolute atomic E-state index is 12.1. The first-order valence-electron chi connectivity index (χ1n) is 8.49. The van der Waals surface area contributed by atoms with Crippen molar-refractivity contribution in [3.8, 4) is 5.75 Å². The highest BCUT2D eigenvalue weighted by Gasteiger charge is 2.25. The van der Waals surface area contributed by atoms with Crippen LogP contribution in [0.4, 0.5) is 4.79 Å². The van der Waals surface area contributed by atoms with E-state index in [1.807, 2.05) is 25.1 Å². The van der Waals surface area contributed by atoms with E-state index in [0.717, 1.165) is 19.3 Å². The van der Waals surface area contributed by atoms with E-state index in [-0.39, 0.29) is 17.8 Å². The standard InChI is InChI=1S/C17H26N2O4S/c1-2-3-13-24(21,22)18-14-15-9-11-19(12-10-15)17(20)23-16-7-5-4-6-8-16/h4-8,15,18H,2-3,9-14H2,1H3. The number of amides is 1. The lowest BCUT2D eigenvalue weighted by molar-refractivity contribution is 0.131. The van der Waals surface area contributed by atoms with E-state index in [1.165, 1.54) is 0 Å². The lowest BCUT2D eigenvalue weighted by Crippen LogP contribution is -2.42. The van der Waals surface area contributed by atoms with E-state index >= 15 is 0 Å². The fourth-order valence-corrected chi connectivity index (χ4v) is 3.93. The number of carbonyl (C=O) groups is 1. The molecule has 1 heterocycles. The highest BCUT2D eigenvalue weighted by molar-refractivity contribution is 7.89. The third-order valence-electron chi connectivity index (χ3n) is 4.18. The molecule has 0 bridgehead atoms. The zero-order chi connectivity index (χ0) is 17.4. The third-order valence-corrected chi connectivity index (χ3v) is 5.61. The summed E-state index contributed by atoms with van der Waals surface area (Å²) < 4.78 is 31.6. The van der Waals surface area contributed by atoms with Gasteiger partial charge in [-0.3, -0.25) is 0 Å². The third kappa shape index (κ3) is 6.13. The number of nitrogens with one attached hydrogen (secondary N) is 1. The number of hydrogen-bond donors (Lipinski definition) is 1. The van der Waals surface area contributed by atoms with Gasteiger partial charge in [0.15, 0.2) is 0 Å². The number of rotatable bonds is 7. The number of hydrogen-bond acceptors (Lipinski definition) is 4. The van der Waals surface area contributed by atoms with Crippen LogP contribution in [-0.2, 0) is 10.0 Å². The fourth-order valence-electron chi connectivity index (χ4n) is 2.62. The summed E-state index contributed by atoms with van der Waals surface area (Å²) >= 11 is 0. The summed E-state index contributed by atoms with van der Waals surface area (Å²) in [5.74, 6) is 0.988. The van der Waals surface area contributed by atoms with Crippen LogP contribution in [0, 0.1) is 5.92 Å². The van der Waals surface area contributed by atoms with E-state index in [9.17, 15) is 13.2 Å². The van der Waals surface area contributed by atoms with Gasteiger partial charge in [0.05, 0.1) is 5.75 Å². The van der Waals surface area contributed by atoms with Crippen molar-refractivity contribution in [3.63, 3.8) is 0 Å². The number of unbranched alkanes of at least 4 members (excludes halogenated alkanes) is 1. The van der Waals surface area contributed by atoms with Gasteiger partial charge in [-0.2, -0.15) is 0 Å². The Morgan fingerprint density at radius 2 is 1.92 bits per heavy atom. The molecule has 0 radical (unpaired) electrons. The molecule has 1 saturated heterocycles. The minimum Gasteiger partial charge on any atom is -0.410 e. The number of carbonyl (C=O) groups excluding carboxylic acids is 1. The summed E-state index contributed by atoms with van der Waals surface area (Å²) in [7, 11) is -3.17. The number of benzene rings is 1. The van der Waals surface area contributed by atoms with Gasteiger partial charge in [0.1, 0.15) is 5.75 Å². The van der Waals surface area contributed by atoms with Crippen molar-refractivity contribution in [3.05, 3.63) is 30.3 Å². The number of nitrogens with zero attached hydrogens (tertiary/aromatic N) is 1. The predicted octanol–water partition coefficient (Wildman–Crippen LogP) is 2.62. The van der Waals surface area contributed by atoms with Crippen LogP contribution < -0.4 is 9.46 Å². The van der Waals surface area contributed by atoms with Gasteiger partial charge in [-0.25, -0.2) is 17.9 Å². The van der Waals surface area contributed by atoms with Gasteiger partial charge in [-0.05, 0) is 37.3 Å². The number of ether oxygens (including phenoxy) is 1. The molecule has 1 amide bonds. The summed E-state index contributed by atoms with van der Waals surface area (Å²) in [6, 6.07) is 8.99. The zero-order valence-corrected chi connectivity index (χ0v) is 14.9. The Morgan fingerprint density at radius 3 is 2.54 bits per heavy atom. The molecular formula is C17H26N2O4S. The van der Waals surface area contributed by atoms with Crippen LogP contribution in [0.3, 0.4) is 0 Å². The zero-order valence-electron chi connectivity index (χ0n) is 14.1. The van der Waals surface area contributed by atoms with Crippen molar-refractivity contribution in [2.45, 2.75) is 32.6 Å². The average Bonchev–Trinajstić information content (AvgIpc) is 2.60. The van der Waals surface area contributed by atoms with Crippen LogP contribution in [-0.4, -0.2) is 44.8 Å². The van der Waals surface area contributed by atoms with Crippen LogP contribution >= 0.6 is 0 Å². The first-order valence-corrected chi connectivity index (χ1v) is 10.1. The van der Waals surface area contributed by atoms with Gasteiger partial charge in [-0.15, -0.1) is 0 Å². The number of piperidine rings is 1. The molecule has 6 nitrogen and oxygen atoms in total. The molecule has 1 aromatic rings. The van der Waals surface area contributed by atoms with Gasteiger partial charge in [0.2, 0.25) is 10.0 Å². The molecule has 0 aromatic heterocycles. The second-order valence-electron chi connectivity index (χ2n) is 6.13. The van der Waals surface area contributed by atoms with E-state index in [0.29, 0.717) is 31.8 Å². The monoisotopic (exact) mass is 354 g/mol. The van der Waals surface area contributed by atoms with Crippen LogP contribution in [0.25, 0.3) is 0 Å². The maximum Gasteiger partial charge on any atom is 0.415 e. The highest BCUT2D eigenvalue weighted by atomic mass is 32.2. The van der Waals surface area contributed by atoms with E-state index in [2.05, 4.69) is 4.72 Å². The number of sulfonamides is 1. The van der Waals surface area contributed by atoms with Crippen molar-refractivity contribution in [2.75, 3.05) is 25.4 Å². The summed E-state index contributed by atoms with van der Waals surface area (Å²) in [5, 5.41) is 0. The van der Waals surface area contributed by atoms with E-state index < -0.39 is 10.0 Å². The van der Waals surface area contributed by atoms with Gasteiger partial charge in [-0.1, -0.05) is 31.5 Å². The second kappa shape index (κ2) is 9.03. The first-order chi connectivity index (χ1) is 11.5. The molecule has 2 rings (SSSR count). The molecule has 0 spiro atoms. The van der Waals surface area contributed by atoms with E-state index in [4.69, 9.17) is 4.74 Å². The first kappa shape index (κ1) is 18.7. The van der Waals surface area contributed by atoms with Crippen LogP contribution in [0.15, 0.2) is 30.3 Å². The smallest absolute Gasteiger partial charge is 0.410 e. The quantitative estimate of drug-likeness (QED) is 0.817. The molecule has 0 atom stereocenters. The summed E-state index contributed by atoms with van der Waals surface area (Å²) in [6.45, 7) is 3.60. The second-order valence-corrected chi connectivity index (χ2v) is 8.06.